The van der Waals surface area contributed by atoms with Gasteiger partial charge in [0, 0.05) is 0 Å². The Morgan fingerprint density at radius 3 is 2.48 bits per heavy atom. The molecule has 0 aliphatic rings. The van der Waals surface area contributed by atoms with E-state index in [-0.39, 0.29) is 12.5 Å². The number of carbonyl (C=O) groups is 1. The van der Waals surface area contributed by atoms with Gasteiger partial charge in [0.2, 0.25) is 11.7 Å². The van der Waals surface area contributed by atoms with Crippen molar-refractivity contribution in [3.05, 3.63) is 60.0 Å². The summed E-state index contributed by atoms with van der Waals surface area (Å²) >= 11 is 0. The Morgan fingerprint density at radius 1 is 1.04 bits per heavy atom. The quantitative estimate of drug-likeness (QED) is 0.743. The molecule has 0 radical (unpaired) electrons. The second-order valence-electron chi connectivity index (χ2n) is 5.09. The number of aromatic nitrogens is 2. The lowest BCUT2D eigenvalue weighted by molar-refractivity contribution is 0.0943. The van der Waals surface area contributed by atoms with E-state index in [1.54, 1.807) is 31.4 Å². The molecule has 1 aromatic heterocycles. The van der Waals surface area contributed by atoms with Crippen LogP contribution < -0.4 is 14.8 Å². The van der Waals surface area contributed by atoms with Crippen LogP contribution in [0.1, 0.15) is 16.2 Å². The van der Waals surface area contributed by atoms with Crippen LogP contribution in [0.3, 0.4) is 0 Å². The van der Waals surface area contributed by atoms with Gasteiger partial charge in [-0.3, -0.25) is 4.79 Å². The van der Waals surface area contributed by atoms with Crippen molar-refractivity contribution in [2.75, 3.05) is 14.2 Å². The van der Waals surface area contributed by atoms with E-state index in [9.17, 15) is 4.79 Å². The molecule has 0 saturated heterocycles. The van der Waals surface area contributed by atoms with Gasteiger partial charge in [-0.1, -0.05) is 29.4 Å². The van der Waals surface area contributed by atoms with E-state index in [1.807, 2.05) is 24.3 Å². The predicted octanol–water partition coefficient (Wildman–Crippen LogP) is 2.68. The number of hydrogen-bond donors (Lipinski definition) is 1. The molecule has 2 aromatic carbocycles. The first kappa shape index (κ1) is 16.5. The van der Waals surface area contributed by atoms with Gasteiger partial charge in [0.15, 0.2) is 0 Å². The van der Waals surface area contributed by atoms with Gasteiger partial charge >= 0.3 is 0 Å². The molecule has 0 bridgehead atoms. The van der Waals surface area contributed by atoms with Crippen LogP contribution in [0.4, 0.5) is 0 Å². The van der Waals surface area contributed by atoms with E-state index in [0.29, 0.717) is 28.8 Å². The first-order valence-corrected chi connectivity index (χ1v) is 7.60. The van der Waals surface area contributed by atoms with E-state index in [4.69, 9.17) is 14.0 Å². The Labute approximate surface area is 144 Å². The van der Waals surface area contributed by atoms with Crippen LogP contribution in [0.15, 0.2) is 53.1 Å². The molecule has 0 aliphatic carbocycles. The summed E-state index contributed by atoms with van der Waals surface area (Å²) in [6.07, 6.45) is 0. The van der Waals surface area contributed by atoms with Crippen LogP contribution in [0, 0.1) is 0 Å². The summed E-state index contributed by atoms with van der Waals surface area (Å²) in [5.41, 5.74) is 1.16. The number of ether oxygens (including phenoxy) is 2. The smallest absolute Gasteiger partial charge is 0.255 e. The third-order valence-electron chi connectivity index (χ3n) is 3.57. The second-order valence-corrected chi connectivity index (χ2v) is 5.09. The zero-order chi connectivity index (χ0) is 17.6. The average molecular weight is 339 g/mol. The van der Waals surface area contributed by atoms with Gasteiger partial charge in [-0.2, -0.15) is 4.98 Å². The molecule has 3 aromatic rings. The number of methoxy groups -OCH3 is 2. The Morgan fingerprint density at radius 2 is 1.72 bits per heavy atom. The number of rotatable bonds is 6. The molecule has 1 N–H and O–H groups in total. The zero-order valence-corrected chi connectivity index (χ0v) is 13.9. The highest BCUT2D eigenvalue weighted by Crippen LogP contribution is 2.27. The first-order chi connectivity index (χ1) is 12.2. The zero-order valence-electron chi connectivity index (χ0n) is 13.9. The molecule has 0 fully saturated rings. The molecule has 7 heteroatoms. The Balaban J connectivity index is 1.71. The lowest BCUT2D eigenvalue weighted by atomic mass is 10.2. The normalized spacial score (nSPS) is 10.3. The molecule has 0 aliphatic heterocycles. The van der Waals surface area contributed by atoms with Crippen molar-refractivity contribution in [2.45, 2.75) is 6.54 Å². The fraction of sp³-hybridized carbons (Fsp3) is 0.167. The van der Waals surface area contributed by atoms with Crippen molar-refractivity contribution in [1.29, 1.82) is 0 Å². The minimum absolute atomic E-state index is 0.110. The standard InChI is InChI=1S/C18H17N3O4/c1-23-14-9-5-3-7-12(14)17-20-16(25-21-17)11-19-18(22)13-8-4-6-10-15(13)24-2/h3-10H,11H2,1-2H3,(H,19,22). The van der Waals surface area contributed by atoms with Crippen molar-refractivity contribution < 1.29 is 18.8 Å². The molecule has 0 unspecified atom stereocenters. The predicted molar refractivity (Wildman–Crippen MR) is 90.5 cm³/mol. The lowest BCUT2D eigenvalue weighted by Crippen LogP contribution is -2.23. The lowest BCUT2D eigenvalue weighted by Gasteiger charge is -2.07. The summed E-state index contributed by atoms with van der Waals surface area (Å²) in [5.74, 6) is 1.56. The maximum absolute atomic E-state index is 12.3. The Hall–Kier alpha value is -3.35. The van der Waals surface area contributed by atoms with E-state index in [0.717, 1.165) is 5.56 Å². The van der Waals surface area contributed by atoms with Gasteiger partial charge in [-0.05, 0) is 24.3 Å². The summed E-state index contributed by atoms with van der Waals surface area (Å²) in [7, 11) is 3.09. The SMILES string of the molecule is COc1ccccc1C(=O)NCc1nc(-c2ccccc2OC)no1. The van der Waals surface area contributed by atoms with Crippen molar-refractivity contribution in [1.82, 2.24) is 15.5 Å². The van der Waals surface area contributed by atoms with E-state index < -0.39 is 0 Å². The molecule has 1 heterocycles. The monoisotopic (exact) mass is 339 g/mol. The van der Waals surface area contributed by atoms with Crippen LogP contribution in [-0.4, -0.2) is 30.3 Å². The number of hydrogen-bond acceptors (Lipinski definition) is 6. The van der Waals surface area contributed by atoms with E-state index in [1.165, 1.54) is 7.11 Å². The van der Waals surface area contributed by atoms with Gasteiger partial charge in [0.05, 0.1) is 31.9 Å². The number of amides is 1. The van der Waals surface area contributed by atoms with Crippen molar-refractivity contribution in [3.63, 3.8) is 0 Å². The highest BCUT2D eigenvalue weighted by Gasteiger charge is 2.15. The molecule has 1 amide bonds. The Bertz CT molecular complexity index is 876. The van der Waals surface area contributed by atoms with Crippen molar-refractivity contribution >= 4 is 5.91 Å². The van der Waals surface area contributed by atoms with Crippen molar-refractivity contribution in [2.24, 2.45) is 0 Å². The minimum Gasteiger partial charge on any atom is -0.496 e. The summed E-state index contributed by atoms with van der Waals surface area (Å²) in [6.45, 7) is 0.110. The number of benzene rings is 2. The van der Waals surface area contributed by atoms with Gasteiger partial charge in [-0.25, -0.2) is 0 Å². The summed E-state index contributed by atoms with van der Waals surface area (Å²) in [6, 6.07) is 14.3. The third-order valence-corrected chi connectivity index (χ3v) is 3.57. The largest absolute Gasteiger partial charge is 0.496 e. The maximum atomic E-state index is 12.3. The molecule has 3 rings (SSSR count). The van der Waals surface area contributed by atoms with Crippen LogP contribution in [-0.2, 0) is 6.54 Å². The molecule has 7 nitrogen and oxygen atoms in total. The number of para-hydroxylation sites is 2. The van der Waals surface area contributed by atoms with Crippen LogP contribution >= 0.6 is 0 Å². The second kappa shape index (κ2) is 7.48. The van der Waals surface area contributed by atoms with Gasteiger partial charge in [-0.15, -0.1) is 0 Å². The number of carbonyl (C=O) groups excluding carboxylic acids is 1. The molecule has 25 heavy (non-hydrogen) atoms. The van der Waals surface area contributed by atoms with E-state index >= 15 is 0 Å². The third kappa shape index (κ3) is 3.60. The number of nitrogens with one attached hydrogen (secondary N) is 1. The fourth-order valence-electron chi connectivity index (χ4n) is 2.35. The van der Waals surface area contributed by atoms with Gasteiger partial charge in [0.1, 0.15) is 11.5 Å². The minimum atomic E-state index is -0.283. The average Bonchev–Trinajstić information content (AvgIpc) is 3.14. The van der Waals surface area contributed by atoms with Gasteiger partial charge < -0.3 is 19.3 Å². The molecular weight excluding hydrogens is 322 g/mol. The molecule has 0 saturated carbocycles. The highest BCUT2D eigenvalue weighted by molar-refractivity contribution is 5.96. The van der Waals surface area contributed by atoms with Crippen LogP contribution in [0.5, 0.6) is 11.5 Å². The first-order valence-electron chi connectivity index (χ1n) is 7.60. The number of nitrogens with zero attached hydrogens (tertiary/aromatic N) is 2. The van der Waals surface area contributed by atoms with Gasteiger partial charge in [0.25, 0.3) is 5.91 Å². The molecular formula is C18H17N3O4. The van der Waals surface area contributed by atoms with E-state index in [2.05, 4.69) is 15.5 Å². The summed E-state index contributed by atoms with van der Waals surface area (Å²) in [5, 5.41) is 6.67. The van der Waals surface area contributed by atoms with Crippen LogP contribution in [0.2, 0.25) is 0 Å². The molecule has 128 valence electrons. The van der Waals surface area contributed by atoms with Crippen LogP contribution in [0.25, 0.3) is 11.4 Å². The fourth-order valence-corrected chi connectivity index (χ4v) is 2.35. The summed E-state index contributed by atoms with van der Waals surface area (Å²) < 4.78 is 15.7. The summed E-state index contributed by atoms with van der Waals surface area (Å²) in [4.78, 5) is 16.6. The topological polar surface area (TPSA) is 86.5 Å². The maximum Gasteiger partial charge on any atom is 0.255 e. The Kier molecular flexibility index (Phi) is 4.94. The highest BCUT2D eigenvalue weighted by atomic mass is 16.5. The molecule has 0 atom stereocenters. The molecule has 0 spiro atoms. The van der Waals surface area contributed by atoms with Crippen molar-refractivity contribution in [3.8, 4) is 22.9 Å².